The van der Waals surface area contributed by atoms with Crippen molar-refractivity contribution in [2.24, 2.45) is 0 Å². The van der Waals surface area contributed by atoms with Crippen molar-refractivity contribution < 1.29 is 13.9 Å². The van der Waals surface area contributed by atoms with Crippen molar-refractivity contribution in [2.75, 3.05) is 19.8 Å². The molecule has 1 aliphatic rings. The van der Waals surface area contributed by atoms with Gasteiger partial charge >= 0.3 is 6.09 Å². The zero-order chi connectivity index (χ0) is 18.4. The molecule has 0 aliphatic carbocycles. The molecule has 0 bridgehead atoms. The van der Waals surface area contributed by atoms with Crippen molar-refractivity contribution in [2.45, 2.75) is 65.0 Å². The molecule has 25 heavy (non-hydrogen) atoms. The number of hydrogen-bond donors (Lipinski definition) is 0. The first-order valence-electron chi connectivity index (χ1n) is 8.93. The van der Waals surface area contributed by atoms with Gasteiger partial charge in [-0.05, 0) is 46.5 Å². The van der Waals surface area contributed by atoms with E-state index in [0.717, 1.165) is 18.5 Å². The van der Waals surface area contributed by atoms with Crippen LogP contribution < -0.4 is 5.56 Å². The van der Waals surface area contributed by atoms with Gasteiger partial charge in [0.1, 0.15) is 5.60 Å². The van der Waals surface area contributed by atoms with Crippen molar-refractivity contribution in [3.8, 4) is 0 Å². The van der Waals surface area contributed by atoms with Crippen LogP contribution in [0, 0.1) is 0 Å². The molecule has 0 spiro atoms. The number of hydrogen-bond acceptors (Lipinski definition) is 4. The lowest BCUT2D eigenvalue weighted by Gasteiger charge is -2.26. The third-order valence-corrected chi connectivity index (χ3v) is 4.15. The maximum absolute atomic E-state index is 12.6. The van der Waals surface area contributed by atoms with Crippen LogP contribution in [0.2, 0.25) is 0 Å². The molecular weight excluding hydrogens is 325 g/mol. The average molecular weight is 353 g/mol. The highest BCUT2D eigenvalue weighted by Crippen LogP contribution is 2.15. The summed E-state index contributed by atoms with van der Waals surface area (Å²) in [5.74, 6) is 0. The zero-order valence-electron chi connectivity index (χ0n) is 15.4. The van der Waals surface area contributed by atoms with Gasteiger partial charge in [0.2, 0.25) is 0 Å². The molecule has 1 aliphatic heterocycles. The van der Waals surface area contributed by atoms with Crippen molar-refractivity contribution >= 4 is 6.09 Å². The van der Waals surface area contributed by atoms with Crippen LogP contribution in [0.25, 0.3) is 0 Å². The summed E-state index contributed by atoms with van der Waals surface area (Å²) in [7, 11) is 0. The highest BCUT2D eigenvalue weighted by atomic mass is 19.1. The van der Waals surface area contributed by atoms with Crippen LogP contribution in [0.3, 0.4) is 0 Å². The molecule has 2 rings (SSSR count). The number of rotatable bonds is 5. The SMILES string of the molecule is CC(C)(C)OC(=O)N1CCc2ncn(CCCCCF)c(=O)c2CC1. The van der Waals surface area contributed by atoms with Gasteiger partial charge < -0.3 is 9.64 Å². The topological polar surface area (TPSA) is 64.4 Å². The Morgan fingerprint density at radius 1 is 1.24 bits per heavy atom. The van der Waals surface area contributed by atoms with E-state index in [0.29, 0.717) is 44.5 Å². The van der Waals surface area contributed by atoms with Crippen LogP contribution in [0.15, 0.2) is 11.1 Å². The lowest BCUT2D eigenvalue weighted by atomic mass is 10.1. The number of ether oxygens (including phenoxy) is 1. The molecule has 1 aromatic heterocycles. The fourth-order valence-electron chi connectivity index (χ4n) is 2.85. The molecule has 140 valence electrons. The van der Waals surface area contributed by atoms with Gasteiger partial charge in [-0.2, -0.15) is 0 Å². The second-order valence-electron chi connectivity index (χ2n) is 7.39. The Labute approximate surface area is 148 Å². The normalized spacial score (nSPS) is 14.8. The molecule has 0 atom stereocenters. The number of aryl methyl sites for hydroxylation is 1. The van der Waals surface area contributed by atoms with Crippen LogP contribution >= 0.6 is 0 Å². The standard InChI is InChI=1S/C18H28FN3O3/c1-18(2,3)25-17(24)21-11-7-14-15(8-12-21)20-13-22(16(14)23)10-6-4-5-9-19/h13H,4-12H2,1-3H3. The summed E-state index contributed by atoms with van der Waals surface area (Å²) in [6, 6.07) is 0. The van der Waals surface area contributed by atoms with Crippen LogP contribution in [0.5, 0.6) is 0 Å². The highest BCUT2D eigenvalue weighted by Gasteiger charge is 2.25. The van der Waals surface area contributed by atoms with E-state index >= 15 is 0 Å². The number of fused-ring (bicyclic) bond motifs is 1. The number of unbranched alkanes of at least 4 members (excludes halogenated alkanes) is 2. The van der Waals surface area contributed by atoms with E-state index in [9.17, 15) is 14.0 Å². The first kappa shape index (κ1) is 19.4. The molecule has 0 aromatic carbocycles. The molecule has 0 saturated heterocycles. The quantitative estimate of drug-likeness (QED) is 0.764. The Hall–Kier alpha value is -1.92. The number of alkyl halides is 1. The second-order valence-corrected chi connectivity index (χ2v) is 7.39. The monoisotopic (exact) mass is 353 g/mol. The van der Waals surface area contributed by atoms with E-state index in [1.807, 2.05) is 20.8 Å². The van der Waals surface area contributed by atoms with Crippen LogP contribution in [0.4, 0.5) is 9.18 Å². The van der Waals surface area contributed by atoms with Gasteiger partial charge in [-0.1, -0.05) is 0 Å². The van der Waals surface area contributed by atoms with Crippen LogP contribution in [-0.2, 0) is 24.1 Å². The Kier molecular flexibility index (Phi) is 6.56. The lowest BCUT2D eigenvalue weighted by Crippen LogP contribution is -2.38. The third-order valence-electron chi connectivity index (χ3n) is 4.15. The van der Waals surface area contributed by atoms with E-state index in [2.05, 4.69) is 4.98 Å². The van der Waals surface area contributed by atoms with E-state index in [-0.39, 0.29) is 18.3 Å². The molecule has 6 nitrogen and oxygen atoms in total. The maximum atomic E-state index is 12.6. The first-order chi connectivity index (χ1) is 11.8. The first-order valence-corrected chi connectivity index (χ1v) is 8.93. The number of aromatic nitrogens is 2. The summed E-state index contributed by atoms with van der Waals surface area (Å²) in [6.07, 6.45) is 4.28. The number of carbonyl (C=O) groups excluding carboxylic acids is 1. The molecular formula is C18H28FN3O3. The van der Waals surface area contributed by atoms with Crippen molar-refractivity contribution in [3.63, 3.8) is 0 Å². The minimum Gasteiger partial charge on any atom is -0.444 e. The predicted octanol–water partition coefficient (Wildman–Crippen LogP) is 2.72. The van der Waals surface area contributed by atoms with Gasteiger partial charge in [0.05, 0.1) is 18.7 Å². The number of halogens is 1. The summed E-state index contributed by atoms with van der Waals surface area (Å²) < 4.78 is 19.2. The molecule has 0 unspecified atom stereocenters. The van der Waals surface area contributed by atoms with Gasteiger partial charge in [-0.3, -0.25) is 13.8 Å². The molecule has 7 heteroatoms. The Balaban J connectivity index is 2.04. The Morgan fingerprint density at radius 2 is 1.96 bits per heavy atom. The smallest absolute Gasteiger partial charge is 0.410 e. The van der Waals surface area contributed by atoms with Gasteiger partial charge in [0, 0.05) is 31.6 Å². The molecule has 0 fully saturated rings. The van der Waals surface area contributed by atoms with Crippen molar-refractivity contribution in [1.82, 2.24) is 14.5 Å². The summed E-state index contributed by atoms with van der Waals surface area (Å²) in [6.45, 7) is 6.67. The number of carbonyl (C=O) groups is 1. The van der Waals surface area contributed by atoms with Gasteiger partial charge in [0.15, 0.2) is 0 Å². The average Bonchev–Trinajstić information content (AvgIpc) is 2.75. The fraction of sp³-hybridized carbons (Fsp3) is 0.722. The zero-order valence-corrected chi connectivity index (χ0v) is 15.4. The largest absolute Gasteiger partial charge is 0.444 e. The van der Waals surface area contributed by atoms with Gasteiger partial charge in [-0.15, -0.1) is 0 Å². The van der Waals surface area contributed by atoms with E-state index in [1.54, 1.807) is 15.8 Å². The minimum absolute atomic E-state index is 0.0451. The minimum atomic E-state index is -0.541. The molecule has 1 aromatic rings. The second kappa shape index (κ2) is 8.45. The van der Waals surface area contributed by atoms with Crippen LogP contribution in [0.1, 0.15) is 51.3 Å². The number of amides is 1. The predicted molar refractivity (Wildman–Crippen MR) is 93.5 cm³/mol. The lowest BCUT2D eigenvalue weighted by molar-refractivity contribution is 0.0258. The highest BCUT2D eigenvalue weighted by molar-refractivity contribution is 5.68. The van der Waals surface area contributed by atoms with E-state index in [1.165, 1.54) is 0 Å². The van der Waals surface area contributed by atoms with Gasteiger partial charge in [0.25, 0.3) is 5.56 Å². The summed E-state index contributed by atoms with van der Waals surface area (Å²) >= 11 is 0. The summed E-state index contributed by atoms with van der Waals surface area (Å²) in [5.41, 5.74) is 0.854. The third kappa shape index (κ3) is 5.54. The molecule has 0 N–H and O–H groups in total. The van der Waals surface area contributed by atoms with E-state index < -0.39 is 5.60 Å². The summed E-state index contributed by atoms with van der Waals surface area (Å²) in [4.78, 5) is 30.9. The maximum Gasteiger partial charge on any atom is 0.410 e. The van der Waals surface area contributed by atoms with E-state index in [4.69, 9.17) is 4.74 Å². The summed E-state index contributed by atoms with van der Waals surface area (Å²) in [5, 5.41) is 0. The van der Waals surface area contributed by atoms with Crippen molar-refractivity contribution in [3.05, 3.63) is 27.9 Å². The number of nitrogens with zero attached hydrogens (tertiary/aromatic N) is 3. The fourth-order valence-corrected chi connectivity index (χ4v) is 2.85. The molecule has 0 radical (unpaired) electrons. The molecule has 1 amide bonds. The van der Waals surface area contributed by atoms with Crippen LogP contribution in [-0.4, -0.2) is 45.9 Å². The van der Waals surface area contributed by atoms with Gasteiger partial charge in [-0.25, -0.2) is 9.78 Å². The Bertz CT molecular complexity index is 652. The van der Waals surface area contributed by atoms with Crippen molar-refractivity contribution in [1.29, 1.82) is 0 Å². The Morgan fingerprint density at radius 3 is 2.64 bits per heavy atom. The molecule has 2 heterocycles. The molecule has 0 saturated carbocycles.